The fourth-order valence-corrected chi connectivity index (χ4v) is 1.87. The maximum atomic E-state index is 10.3. The van der Waals surface area contributed by atoms with Gasteiger partial charge in [-0.25, -0.2) is 0 Å². The van der Waals surface area contributed by atoms with Crippen LogP contribution in [0, 0.1) is 6.92 Å². The SMILES string of the molecule is Cc1cc(C(O)C(O)CC(=O)O)cs1. The molecule has 3 N–H and O–H groups in total. The summed E-state index contributed by atoms with van der Waals surface area (Å²) in [5.74, 6) is -1.12. The third-order valence-corrected chi connectivity index (χ3v) is 2.72. The van der Waals surface area contributed by atoms with Crippen molar-refractivity contribution in [3.8, 4) is 0 Å². The normalized spacial score (nSPS) is 15.1. The highest BCUT2D eigenvalue weighted by Crippen LogP contribution is 2.23. The summed E-state index contributed by atoms with van der Waals surface area (Å²) in [6, 6.07) is 1.74. The number of aliphatic hydroxyl groups is 2. The van der Waals surface area contributed by atoms with Gasteiger partial charge in [0.25, 0.3) is 0 Å². The molecule has 78 valence electrons. The topological polar surface area (TPSA) is 77.8 Å². The molecular weight excluding hydrogens is 204 g/mol. The summed E-state index contributed by atoms with van der Waals surface area (Å²) in [6.07, 6.45) is -2.81. The number of aryl methyl sites for hydroxylation is 1. The van der Waals surface area contributed by atoms with Crippen molar-refractivity contribution < 1.29 is 20.1 Å². The van der Waals surface area contributed by atoms with Gasteiger partial charge in [0, 0.05) is 4.88 Å². The highest BCUT2D eigenvalue weighted by atomic mass is 32.1. The van der Waals surface area contributed by atoms with Gasteiger partial charge in [0.2, 0.25) is 0 Å². The first-order valence-electron chi connectivity index (χ1n) is 4.13. The van der Waals surface area contributed by atoms with Crippen LogP contribution in [0.2, 0.25) is 0 Å². The molecule has 1 aromatic rings. The van der Waals surface area contributed by atoms with E-state index in [1.807, 2.05) is 6.92 Å². The molecule has 1 rings (SSSR count). The minimum absolute atomic E-state index is 0.448. The first-order valence-corrected chi connectivity index (χ1v) is 5.01. The van der Waals surface area contributed by atoms with Crippen LogP contribution in [0.1, 0.15) is 23.0 Å². The van der Waals surface area contributed by atoms with Crippen LogP contribution in [0.5, 0.6) is 0 Å². The van der Waals surface area contributed by atoms with Gasteiger partial charge in [0.15, 0.2) is 0 Å². The van der Waals surface area contributed by atoms with E-state index >= 15 is 0 Å². The van der Waals surface area contributed by atoms with Crippen LogP contribution in [0.15, 0.2) is 11.4 Å². The Kier molecular flexibility index (Phi) is 3.62. The Balaban J connectivity index is 2.65. The zero-order chi connectivity index (χ0) is 10.7. The second kappa shape index (κ2) is 4.54. The van der Waals surface area contributed by atoms with Gasteiger partial charge in [-0.1, -0.05) is 0 Å². The Morgan fingerprint density at radius 1 is 1.57 bits per heavy atom. The number of hydrogen-bond acceptors (Lipinski definition) is 4. The Morgan fingerprint density at radius 2 is 2.21 bits per heavy atom. The molecule has 0 aliphatic carbocycles. The second-order valence-corrected chi connectivity index (χ2v) is 4.22. The minimum Gasteiger partial charge on any atom is -0.481 e. The largest absolute Gasteiger partial charge is 0.481 e. The van der Waals surface area contributed by atoms with E-state index in [4.69, 9.17) is 5.11 Å². The Hall–Kier alpha value is -0.910. The van der Waals surface area contributed by atoms with E-state index < -0.39 is 24.6 Å². The van der Waals surface area contributed by atoms with Gasteiger partial charge >= 0.3 is 5.97 Å². The molecule has 0 aliphatic rings. The summed E-state index contributed by atoms with van der Waals surface area (Å²) in [5.41, 5.74) is 0.571. The molecule has 2 atom stereocenters. The van der Waals surface area contributed by atoms with Crippen molar-refractivity contribution in [2.75, 3.05) is 0 Å². The summed E-state index contributed by atoms with van der Waals surface area (Å²) < 4.78 is 0. The number of aliphatic hydroxyl groups excluding tert-OH is 2. The average molecular weight is 216 g/mol. The van der Waals surface area contributed by atoms with Crippen molar-refractivity contribution in [1.29, 1.82) is 0 Å². The summed E-state index contributed by atoms with van der Waals surface area (Å²) in [7, 11) is 0. The van der Waals surface area contributed by atoms with Gasteiger partial charge in [0.1, 0.15) is 6.10 Å². The van der Waals surface area contributed by atoms with Crippen molar-refractivity contribution >= 4 is 17.3 Å². The van der Waals surface area contributed by atoms with Crippen molar-refractivity contribution in [3.05, 3.63) is 21.9 Å². The Morgan fingerprint density at radius 3 is 2.64 bits per heavy atom. The van der Waals surface area contributed by atoms with E-state index in [0.717, 1.165) is 4.88 Å². The molecule has 0 amide bonds. The molecule has 2 unspecified atom stereocenters. The van der Waals surface area contributed by atoms with Gasteiger partial charge < -0.3 is 15.3 Å². The molecule has 0 aliphatic heterocycles. The van der Waals surface area contributed by atoms with E-state index in [2.05, 4.69) is 0 Å². The number of carboxylic acids is 1. The van der Waals surface area contributed by atoms with E-state index in [9.17, 15) is 15.0 Å². The molecule has 0 bridgehead atoms. The number of carboxylic acid groups (broad SMARTS) is 1. The Labute approximate surface area is 85.4 Å². The lowest BCUT2D eigenvalue weighted by Gasteiger charge is -2.14. The summed E-state index contributed by atoms with van der Waals surface area (Å²) >= 11 is 1.45. The predicted molar refractivity (Wildman–Crippen MR) is 52.3 cm³/mol. The van der Waals surface area contributed by atoms with Crippen LogP contribution in [0.3, 0.4) is 0 Å². The molecule has 0 spiro atoms. The lowest BCUT2D eigenvalue weighted by Crippen LogP contribution is -2.21. The zero-order valence-corrected chi connectivity index (χ0v) is 8.49. The van der Waals surface area contributed by atoms with Crippen LogP contribution in [-0.2, 0) is 4.79 Å². The summed E-state index contributed by atoms with van der Waals surface area (Å²) in [6.45, 7) is 1.88. The van der Waals surface area contributed by atoms with E-state index in [1.165, 1.54) is 11.3 Å². The molecule has 0 saturated heterocycles. The zero-order valence-electron chi connectivity index (χ0n) is 7.67. The minimum atomic E-state index is -1.25. The number of hydrogen-bond donors (Lipinski definition) is 3. The smallest absolute Gasteiger partial charge is 0.306 e. The van der Waals surface area contributed by atoms with Gasteiger partial charge in [0.05, 0.1) is 12.5 Å². The summed E-state index contributed by atoms with van der Waals surface area (Å²) in [4.78, 5) is 11.3. The van der Waals surface area contributed by atoms with Crippen molar-refractivity contribution in [3.63, 3.8) is 0 Å². The standard InChI is InChI=1S/C9H12O4S/c1-5-2-6(4-14-5)9(13)7(10)3-8(11)12/h2,4,7,9-10,13H,3H2,1H3,(H,11,12). The van der Waals surface area contributed by atoms with Gasteiger partial charge in [-0.05, 0) is 23.9 Å². The van der Waals surface area contributed by atoms with Crippen LogP contribution < -0.4 is 0 Å². The first-order chi connectivity index (χ1) is 6.50. The van der Waals surface area contributed by atoms with Crippen molar-refractivity contribution in [2.24, 2.45) is 0 Å². The average Bonchev–Trinajstić information content (AvgIpc) is 2.49. The fraction of sp³-hybridized carbons (Fsp3) is 0.444. The lowest BCUT2D eigenvalue weighted by atomic mass is 10.1. The molecule has 1 aromatic heterocycles. The molecule has 14 heavy (non-hydrogen) atoms. The number of carbonyl (C=O) groups is 1. The first kappa shape index (κ1) is 11.2. The molecule has 0 radical (unpaired) electrons. The maximum absolute atomic E-state index is 10.3. The van der Waals surface area contributed by atoms with Crippen LogP contribution in [0.4, 0.5) is 0 Å². The summed E-state index contributed by atoms with van der Waals surface area (Å²) in [5, 5.41) is 29.0. The number of thiophene rings is 1. The van der Waals surface area contributed by atoms with E-state index in [-0.39, 0.29) is 0 Å². The van der Waals surface area contributed by atoms with Crippen LogP contribution in [0.25, 0.3) is 0 Å². The van der Waals surface area contributed by atoms with E-state index in [0.29, 0.717) is 5.56 Å². The van der Waals surface area contributed by atoms with Crippen molar-refractivity contribution in [2.45, 2.75) is 25.6 Å². The van der Waals surface area contributed by atoms with Gasteiger partial charge in [-0.2, -0.15) is 0 Å². The number of aliphatic carboxylic acids is 1. The highest BCUT2D eigenvalue weighted by Gasteiger charge is 2.21. The van der Waals surface area contributed by atoms with Gasteiger partial charge in [-0.15, -0.1) is 11.3 Å². The molecule has 0 aromatic carbocycles. The fourth-order valence-electron chi connectivity index (χ4n) is 1.13. The lowest BCUT2D eigenvalue weighted by molar-refractivity contribution is -0.141. The van der Waals surface area contributed by atoms with Crippen LogP contribution >= 0.6 is 11.3 Å². The molecule has 1 heterocycles. The molecule has 5 heteroatoms. The van der Waals surface area contributed by atoms with Crippen molar-refractivity contribution in [1.82, 2.24) is 0 Å². The van der Waals surface area contributed by atoms with Gasteiger partial charge in [-0.3, -0.25) is 4.79 Å². The molecule has 4 nitrogen and oxygen atoms in total. The predicted octanol–water partition coefficient (Wildman–Crippen LogP) is 0.926. The van der Waals surface area contributed by atoms with E-state index in [1.54, 1.807) is 11.4 Å². The molecule has 0 saturated carbocycles. The third kappa shape index (κ3) is 2.80. The van der Waals surface area contributed by atoms with Crippen LogP contribution in [-0.4, -0.2) is 27.4 Å². The second-order valence-electron chi connectivity index (χ2n) is 3.10. The monoisotopic (exact) mass is 216 g/mol. The maximum Gasteiger partial charge on any atom is 0.306 e. The third-order valence-electron chi connectivity index (χ3n) is 1.84. The molecular formula is C9H12O4S. The molecule has 0 fully saturated rings. The Bertz CT molecular complexity index is 320. The quantitative estimate of drug-likeness (QED) is 0.699. The number of rotatable bonds is 4. The highest BCUT2D eigenvalue weighted by molar-refractivity contribution is 7.10.